The van der Waals surface area contributed by atoms with Gasteiger partial charge in [0, 0.05) is 6.42 Å². The van der Waals surface area contributed by atoms with Gasteiger partial charge in [0.15, 0.2) is 0 Å². The van der Waals surface area contributed by atoms with Crippen LogP contribution in [0.2, 0.25) is 0 Å². The Morgan fingerprint density at radius 1 is 0.308 bits per heavy atom. The summed E-state index contributed by atoms with van der Waals surface area (Å²) < 4.78 is 0. The number of carboxylic acid groups (broad SMARTS) is 4. The van der Waals surface area contributed by atoms with Crippen LogP contribution in [-0.2, 0) is 105 Å². The summed E-state index contributed by atoms with van der Waals surface area (Å²) in [5.41, 5.74) is 22.4. The van der Waals surface area contributed by atoms with Crippen LogP contribution in [0.15, 0.2) is 0 Å². The van der Waals surface area contributed by atoms with E-state index in [-0.39, 0.29) is 70.9 Å². The van der Waals surface area contributed by atoms with Gasteiger partial charge in [-0.25, -0.2) is 4.79 Å². The van der Waals surface area contributed by atoms with Gasteiger partial charge >= 0.3 is 23.9 Å². The van der Waals surface area contributed by atoms with Crippen molar-refractivity contribution in [3.63, 3.8) is 0 Å². The van der Waals surface area contributed by atoms with E-state index >= 15 is 0 Å². The fraction of sp³-hybridized carbons (Fsp3) is 0.728. The zero-order chi connectivity index (χ0) is 102. The van der Waals surface area contributed by atoms with Crippen molar-refractivity contribution in [2.75, 3.05) is 32.8 Å². The second-order valence-electron chi connectivity index (χ2n) is 33.3. The molecular formula is C81H141N21O31. The van der Waals surface area contributed by atoms with E-state index in [1.54, 1.807) is 34.6 Å². The van der Waals surface area contributed by atoms with Crippen LogP contribution in [0.3, 0.4) is 0 Å². The molecule has 52 heteroatoms. The lowest BCUT2D eigenvalue weighted by atomic mass is 9.94. The fourth-order valence-electron chi connectivity index (χ4n) is 12.6. The molecule has 0 aliphatic heterocycles. The maximum Gasteiger partial charge on any atom is 0.326 e. The Labute approximate surface area is 768 Å². The maximum atomic E-state index is 14.6. The number of nitrogens with two attached hydrogens (primary N) is 4. The average Bonchev–Trinajstić information content (AvgIpc) is 0.830. The van der Waals surface area contributed by atoms with Crippen LogP contribution in [0.25, 0.3) is 0 Å². The number of carbonyl (C=O) groups is 22. The molecule has 0 saturated heterocycles. The van der Waals surface area contributed by atoms with Crippen molar-refractivity contribution in [3.8, 4) is 0 Å². The number of carbonyl (C=O) groups excluding carboxylic acids is 18. The molecule has 0 radical (unpaired) electrons. The first-order valence-electron chi connectivity index (χ1n) is 43.7. The summed E-state index contributed by atoms with van der Waals surface area (Å²) in [5.74, 6) is -30.5. The largest absolute Gasteiger partial charge is 0.481 e. The number of unbranched alkanes of at least 4 members (excludes halogenated alkanes) is 2. The number of carboxylic acids is 4. The smallest absolute Gasteiger partial charge is 0.326 e. The number of amides is 18. The van der Waals surface area contributed by atoms with Crippen LogP contribution >= 0.6 is 0 Å². The SMILES string of the molecule is CC[C@H](C)[C@H](NC(=O)CNC(=O)[C@H](CCC(=O)O)NC(=O)[C@H](CCCCN)NC(=O)[C@@H](NC(=O)[C@@H](NC(=O)[C@@H](NC(=O)C(CO)NC(=O)[C@H](CO)NC(=O)[C@H](C)NC(=O)[C@H](CC(C)C)NC(=O)[C@H](CC(N)=O)NC(=O)[C@@H](NC(=O)[C@@H](N)CC(=O)O)[C@@H](C)O)[C@@H](C)O)[C@@H](C)CC)[C@@H](C)CC)C(=O)N[C@@H](CC(=O)O)C(=O)N[C@@H](CCCCN)C(=O)N[C@H](C(=O)N[C@H](C(=O)O)C(C)C)[C@@H](C)O. The summed E-state index contributed by atoms with van der Waals surface area (Å²) >= 11 is 0. The third-order valence-electron chi connectivity index (χ3n) is 21.2. The highest BCUT2D eigenvalue weighted by Gasteiger charge is 2.42. The van der Waals surface area contributed by atoms with E-state index in [0.717, 1.165) is 27.7 Å². The van der Waals surface area contributed by atoms with Crippen molar-refractivity contribution in [2.24, 2.45) is 52.5 Å². The lowest BCUT2D eigenvalue weighted by Crippen LogP contribution is -2.63. The van der Waals surface area contributed by atoms with E-state index in [2.05, 4.69) is 90.4 Å². The predicted octanol–water partition coefficient (Wildman–Crippen LogP) is -10.8. The molecule has 756 valence electrons. The highest BCUT2D eigenvalue weighted by atomic mass is 16.4. The minimum atomic E-state index is -2.03. The van der Waals surface area contributed by atoms with Crippen molar-refractivity contribution in [3.05, 3.63) is 0 Å². The van der Waals surface area contributed by atoms with Gasteiger partial charge in [-0.2, -0.15) is 0 Å². The number of aliphatic hydroxyl groups excluding tert-OH is 5. The number of aliphatic hydroxyl groups is 5. The third kappa shape index (κ3) is 44.4. The van der Waals surface area contributed by atoms with Crippen molar-refractivity contribution in [2.45, 2.75) is 314 Å². The van der Waals surface area contributed by atoms with Gasteiger partial charge in [0.25, 0.3) is 0 Å². The monoisotopic (exact) mass is 1900 g/mol. The summed E-state index contributed by atoms with van der Waals surface area (Å²) in [7, 11) is 0. The number of nitrogens with one attached hydrogen (secondary N) is 17. The zero-order valence-corrected chi connectivity index (χ0v) is 77.4. The van der Waals surface area contributed by atoms with Crippen molar-refractivity contribution in [1.82, 2.24) is 90.4 Å². The third-order valence-corrected chi connectivity index (χ3v) is 21.2. The second kappa shape index (κ2) is 61.7. The zero-order valence-electron chi connectivity index (χ0n) is 77.4. The van der Waals surface area contributed by atoms with E-state index in [9.17, 15) is 146 Å². The normalized spacial score (nSPS) is 16.5. The Balaban J connectivity index is 6.85. The van der Waals surface area contributed by atoms with Crippen LogP contribution in [0.4, 0.5) is 0 Å². The quantitative estimate of drug-likeness (QED) is 0.0251. The molecule has 18 amide bonds. The van der Waals surface area contributed by atoms with Gasteiger partial charge in [-0.15, -0.1) is 0 Å². The second-order valence-corrected chi connectivity index (χ2v) is 33.3. The molecule has 0 aliphatic carbocycles. The van der Waals surface area contributed by atoms with Crippen molar-refractivity contribution < 1.29 is 151 Å². The van der Waals surface area contributed by atoms with Gasteiger partial charge < -0.3 is 159 Å². The van der Waals surface area contributed by atoms with E-state index in [1.807, 2.05) is 0 Å². The highest BCUT2D eigenvalue weighted by molar-refractivity contribution is 6.02. The number of primary amides is 1. The predicted molar refractivity (Wildman–Crippen MR) is 468 cm³/mol. The Hall–Kier alpha value is -12.0. The van der Waals surface area contributed by atoms with E-state index in [1.165, 1.54) is 34.6 Å². The Morgan fingerprint density at radius 2 is 0.617 bits per heavy atom. The van der Waals surface area contributed by atoms with Gasteiger partial charge in [-0.05, 0) is 122 Å². The van der Waals surface area contributed by atoms with Crippen LogP contribution in [0, 0.1) is 29.6 Å². The average molecular weight is 1910 g/mol. The first-order chi connectivity index (χ1) is 62.0. The van der Waals surface area contributed by atoms with Gasteiger partial charge in [-0.1, -0.05) is 88.5 Å². The number of hydrogen-bond acceptors (Lipinski definition) is 30. The lowest BCUT2D eigenvalue weighted by molar-refractivity contribution is -0.144. The summed E-state index contributed by atoms with van der Waals surface area (Å²) in [6, 6.07) is -29.6. The highest BCUT2D eigenvalue weighted by Crippen LogP contribution is 2.18. The summed E-state index contributed by atoms with van der Waals surface area (Å²) in [4.78, 5) is 295. The molecule has 0 spiro atoms. The molecule has 0 saturated carbocycles. The van der Waals surface area contributed by atoms with Gasteiger partial charge in [0.2, 0.25) is 106 Å². The molecule has 0 aliphatic rings. The van der Waals surface area contributed by atoms with Crippen LogP contribution in [0.5, 0.6) is 0 Å². The Morgan fingerprint density at radius 3 is 0.992 bits per heavy atom. The van der Waals surface area contributed by atoms with Crippen LogP contribution in [0.1, 0.15) is 193 Å². The van der Waals surface area contributed by atoms with Crippen LogP contribution in [-0.4, -0.2) is 330 Å². The first-order valence-corrected chi connectivity index (χ1v) is 43.7. The molecule has 1 unspecified atom stereocenters. The number of aliphatic carboxylic acids is 4. The Kier molecular flexibility index (Phi) is 56.1. The van der Waals surface area contributed by atoms with Crippen molar-refractivity contribution >= 4 is 130 Å². The molecular weight excluding hydrogens is 1760 g/mol. The molecule has 0 heterocycles. The standard InChI is InChI=1S/C81H141N21O31/c1-15-37(8)59(75(126)93-50(31-57(114)115)72(123)88-46(23-19-21-27-83)69(120)101-63(42(13)106)79(130)97-58(36(6)7)81(132)133)96-54(109)32-86-67(118)47(24-25-55(110)111)89-68(119)45(22-18-20-26-82)90-76(127)60(38(9)16-2)98-77(128)61(39(10)17-3)99-80(131)64(43(14)107)102-74(125)52(34-104)95-73(124)51(33-103)94-65(116)40(11)87-70(121)48(28-35(4)5)91-71(122)49(30-53(85)108)92-78(129)62(41(12)105)100-66(117)44(84)29-56(112)113/h35-52,58-64,103-107H,15-34,82-84H2,1-14H3,(H2,85,108)(H,86,118)(H,87,121)(H,88,123)(H,89,119)(H,90,127)(H,91,122)(H,92,129)(H,93,126)(H,94,116)(H,95,124)(H,96,109)(H,97,130)(H,98,128)(H,99,131)(H,100,117)(H,101,120)(H,102,125)(H,110,111)(H,112,113)(H,114,115)(H,132,133)/t37-,38-,39-,40-,41+,42+,43+,44-,45-,46-,47-,48-,49-,50-,51-,52?,58-,59-,60-,61-,62-,63-,64-/m0/s1. The first kappa shape index (κ1) is 121. The molecule has 0 fully saturated rings. The van der Waals surface area contributed by atoms with Crippen molar-refractivity contribution in [1.29, 1.82) is 0 Å². The molecule has 0 bridgehead atoms. The molecule has 0 rings (SSSR count). The molecule has 0 aromatic rings. The van der Waals surface area contributed by atoms with Gasteiger partial charge in [-0.3, -0.25) is 101 Å². The van der Waals surface area contributed by atoms with Gasteiger partial charge in [0.1, 0.15) is 96.7 Å². The molecule has 0 aromatic heterocycles. The minimum Gasteiger partial charge on any atom is -0.481 e. The molecule has 34 N–H and O–H groups in total. The molecule has 23 atom stereocenters. The minimum absolute atomic E-state index is 0.0830. The van der Waals surface area contributed by atoms with E-state index in [0.29, 0.717) is 6.42 Å². The number of rotatable bonds is 66. The summed E-state index contributed by atoms with van der Waals surface area (Å²) in [6.45, 7) is 16.6. The molecule has 0 aromatic carbocycles. The lowest BCUT2D eigenvalue weighted by Gasteiger charge is -2.31. The number of hydrogen-bond donors (Lipinski definition) is 30. The Bertz CT molecular complexity index is 3950. The molecule has 52 nitrogen and oxygen atoms in total. The van der Waals surface area contributed by atoms with E-state index < -0.39 is 333 Å². The topological polar surface area (TPSA) is 866 Å². The van der Waals surface area contributed by atoms with Crippen LogP contribution < -0.4 is 113 Å². The summed E-state index contributed by atoms with van der Waals surface area (Å²) in [6.07, 6.45) is -8.77. The van der Waals surface area contributed by atoms with Gasteiger partial charge in [0.05, 0.1) is 63.4 Å². The fourth-order valence-corrected chi connectivity index (χ4v) is 12.6. The summed E-state index contributed by atoms with van der Waals surface area (Å²) in [5, 5.41) is 130. The van der Waals surface area contributed by atoms with E-state index in [4.69, 9.17) is 28.0 Å². The maximum absolute atomic E-state index is 14.6. The molecule has 133 heavy (non-hydrogen) atoms.